The Balaban J connectivity index is 1.73. The molecule has 6 heteroatoms. The van der Waals surface area contributed by atoms with Gasteiger partial charge in [0.1, 0.15) is 17.3 Å². The number of hydrogen-bond donors (Lipinski definition) is 3. The maximum atomic E-state index is 12.4. The molecule has 5 nitrogen and oxygen atoms in total. The predicted octanol–water partition coefficient (Wildman–Crippen LogP) is 0.766. The molecule has 0 radical (unpaired) electrons. The summed E-state index contributed by atoms with van der Waals surface area (Å²) in [6.45, 7) is 2.10. The smallest absolute Gasteiger partial charge is 0.256 e. The first-order valence-electron chi connectivity index (χ1n) is 6.79. The number of carbonyl (C=O) groups is 1. The molecule has 0 aliphatic carbocycles. The number of quaternary nitrogens is 1. The molecule has 104 valence electrons. The zero-order valence-corrected chi connectivity index (χ0v) is 12.0. The van der Waals surface area contributed by atoms with Gasteiger partial charge in [-0.15, -0.1) is 11.3 Å². The van der Waals surface area contributed by atoms with E-state index in [0.717, 1.165) is 35.8 Å². The van der Waals surface area contributed by atoms with Crippen LogP contribution in [0.1, 0.15) is 32.7 Å². The van der Waals surface area contributed by atoms with Crippen LogP contribution in [0.25, 0.3) is 0 Å². The van der Waals surface area contributed by atoms with Gasteiger partial charge < -0.3 is 20.0 Å². The van der Waals surface area contributed by atoms with E-state index in [1.54, 1.807) is 17.6 Å². The van der Waals surface area contributed by atoms with Gasteiger partial charge in [0.2, 0.25) is 0 Å². The van der Waals surface area contributed by atoms with Gasteiger partial charge in [0.15, 0.2) is 6.17 Å². The number of nitrogens with one attached hydrogen (secondary N) is 3. The van der Waals surface area contributed by atoms with E-state index < -0.39 is 0 Å². The minimum atomic E-state index is -0.268. The van der Waals surface area contributed by atoms with E-state index in [4.69, 9.17) is 4.42 Å². The number of amides is 1. The van der Waals surface area contributed by atoms with Gasteiger partial charge in [-0.25, -0.2) is 0 Å². The maximum absolute atomic E-state index is 12.4. The normalized spacial score (nSPS) is 24.6. The van der Waals surface area contributed by atoms with Crippen molar-refractivity contribution in [3.8, 4) is 0 Å². The van der Waals surface area contributed by atoms with Crippen molar-refractivity contribution in [2.75, 3.05) is 18.9 Å². The molecule has 0 saturated carbocycles. The van der Waals surface area contributed by atoms with Crippen LogP contribution in [0.5, 0.6) is 0 Å². The molecule has 2 aliphatic rings. The lowest BCUT2D eigenvalue weighted by Gasteiger charge is -2.25. The third-order valence-corrected chi connectivity index (χ3v) is 5.12. The number of thiophene rings is 1. The molecular formula is C14H16N3O2S+. The van der Waals surface area contributed by atoms with Gasteiger partial charge >= 0.3 is 0 Å². The molecule has 4 rings (SSSR count). The Morgan fingerprint density at radius 2 is 2.35 bits per heavy atom. The predicted molar refractivity (Wildman–Crippen MR) is 76.0 cm³/mol. The molecule has 20 heavy (non-hydrogen) atoms. The van der Waals surface area contributed by atoms with E-state index in [9.17, 15) is 4.79 Å². The average Bonchev–Trinajstić information content (AvgIpc) is 3.04. The third-order valence-electron chi connectivity index (χ3n) is 3.96. The standard InChI is InChI=1S/C14H15N3O2S/c1-17-5-4-8-10(7-17)20-14-11(8)13(18)15-12(16-14)9-3-2-6-19-9/h2-3,6,12,16H,4-5,7H2,1H3,(H,15,18)/p+1/t12-/m1/s1. The van der Waals surface area contributed by atoms with Gasteiger partial charge in [0, 0.05) is 6.42 Å². The van der Waals surface area contributed by atoms with Gasteiger partial charge in [0.25, 0.3) is 5.91 Å². The van der Waals surface area contributed by atoms with Crippen molar-refractivity contribution in [2.45, 2.75) is 19.1 Å². The fourth-order valence-corrected chi connectivity index (χ4v) is 4.32. The number of carbonyl (C=O) groups excluding carboxylic acids is 1. The van der Waals surface area contributed by atoms with Crippen LogP contribution >= 0.6 is 11.3 Å². The summed E-state index contributed by atoms with van der Waals surface area (Å²) in [5, 5.41) is 7.35. The van der Waals surface area contributed by atoms with Crippen LogP contribution in [-0.4, -0.2) is 19.5 Å². The molecular weight excluding hydrogens is 274 g/mol. The Morgan fingerprint density at radius 3 is 3.15 bits per heavy atom. The molecule has 4 heterocycles. The third kappa shape index (κ3) is 1.76. The maximum Gasteiger partial charge on any atom is 0.256 e. The quantitative estimate of drug-likeness (QED) is 0.727. The minimum Gasteiger partial charge on any atom is -0.465 e. The molecule has 0 bridgehead atoms. The molecule has 1 unspecified atom stereocenters. The number of likely N-dealkylation sites (N-methyl/N-ethyl adjacent to an activating group) is 1. The summed E-state index contributed by atoms with van der Waals surface area (Å²) in [6, 6.07) is 3.70. The minimum absolute atomic E-state index is 0.0113. The van der Waals surface area contributed by atoms with Gasteiger partial charge in [-0.05, 0) is 17.7 Å². The van der Waals surface area contributed by atoms with Gasteiger partial charge in [-0.2, -0.15) is 0 Å². The molecule has 0 aromatic carbocycles. The van der Waals surface area contributed by atoms with Crippen molar-refractivity contribution in [1.82, 2.24) is 5.32 Å². The zero-order valence-electron chi connectivity index (χ0n) is 11.2. The first-order valence-corrected chi connectivity index (χ1v) is 7.60. The van der Waals surface area contributed by atoms with E-state index >= 15 is 0 Å². The zero-order chi connectivity index (χ0) is 13.7. The summed E-state index contributed by atoms with van der Waals surface area (Å²) in [7, 11) is 2.20. The van der Waals surface area contributed by atoms with Crippen LogP contribution in [0.2, 0.25) is 0 Å². The lowest BCUT2D eigenvalue weighted by Crippen LogP contribution is -3.08. The first-order chi connectivity index (χ1) is 9.72. The van der Waals surface area contributed by atoms with E-state index in [-0.39, 0.29) is 12.1 Å². The van der Waals surface area contributed by atoms with Gasteiger partial charge in [-0.1, -0.05) is 0 Å². The summed E-state index contributed by atoms with van der Waals surface area (Å²) in [4.78, 5) is 15.2. The first kappa shape index (κ1) is 12.0. The molecule has 2 aromatic rings. The number of furan rings is 1. The van der Waals surface area contributed by atoms with Crippen molar-refractivity contribution >= 4 is 22.2 Å². The summed E-state index contributed by atoms with van der Waals surface area (Å²) >= 11 is 1.71. The van der Waals surface area contributed by atoms with Crippen molar-refractivity contribution in [3.63, 3.8) is 0 Å². The number of hydrogen-bond acceptors (Lipinski definition) is 4. The van der Waals surface area contributed by atoms with E-state index in [1.807, 2.05) is 12.1 Å². The summed E-state index contributed by atoms with van der Waals surface area (Å²) < 4.78 is 5.38. The topological polar surface area (TPSA) is 58.7 Å². The summed E-state index contributed by atoms with van der Waals surface area (Å²) in [5.41, 5.74) is 2.08. The van der Waals surface area contributed by atoms with Gasteiger partial charge in [0.05, 0.1) is 30.3 Å². The molecule has 2 atom stereocenters. The molecule has 3 N–H and O–H groups in total. The highest BCUT2D eigenvalue weighted by molar-refractivity contribution is 7.16. The van der Waals surface area contributed by atoms with Crippen LogP contribution < -0.4 is 15.5 Å². The van der Waals surface area contributed by atoms with E-state index in [1.165, 1.54) is 15.3 Å². The second-order valence-electron chi connectivity index (χ2n) is 5.41. The fourth-order valence-electron chi connectivity index (χ4n) is 2.93. The summed E-state index contributed by atoms with van der Waals surface area (Å²) in [5.74, 6) is 0.746. The Morgan fingerprint density at radius 1 is 1.45 bits per heavy atom. The number of anilines is 1. The molecule has 2 aromatic heterocycles. The fraction of sp³-hybridized carbons (Fsp3) is 0.357. The highest BCUT2D eigenvalue weighted by atomic mass is 32.1. The Bertz CT molecular complexity index is 662. The molecule has 1 amide bonds. The number of fused-ring (bicyclic) bond motifs is 3. The Kier molecular flexibility index (Phi) is 2.61. The van der Waals surface area contributed by atoms with Crippen molar-refractivity contribution in [1.29, 1.82) is 0 Å². The average molecular weight is 290 g/mol. The molecule has 0 fully saturated rings. The summed E-state index contributed by atoms with van der Waals surface area (Å²) in [6.07, 6.45) is 2.33. The lowest BCUT2D eigenvalue weighted by molar-refractivity contribution is -0.895. The molecule has 0 spiro atoms. The molecule has 2 aliphatic heterocycles. The van der Waals surface area contributed by atoms with Gasteiger partial charge in [-0.3, -0.25) is 4.79 Å². The SMILES string of the molecule is C[NH+]1CCc2c(sc3c2C(=O)N[C@@H](c2ccco2)N3)C1. The van der Waals surface area contributed by atoms with E-state index in [2.05, 4.69) is 17.7 Å². The second-order valence-corrected chi connectivity index (χ2v) is 6.51. The Hall–Kier alpha value is -1.79. The van der Waals surface area contributed by atoms with E-state index in [0.29, 0.717) is 0 Å². The lowest BCUT2D eigenvalue weighted by atomic mass is 10.0. The van der Waals surface area contributed by atoms with Crippen molar-refractivity contribution in [2.24, 2.45) is 0 Å². The highest BCUT2D eigenvalue weighted by Gasteiger charge is 2.34. The van der Waals surface area contributed by atoms with Crippen molar-refractivity contribution < 1.29 is 14.1 Å². The second kappa shape index (κ2) is 4.36. The Labute approximate surface area is 120 Å². The molecule has 0 saturated heterocycles. The van der Waals surface area contributed by atoms with Crippen LogP contribution in [0, 0.1) is 0 Å². The number of rotatable bonds is 1. The highest BCUT2D eigenvalue weighted by Crippen LogP contribution is 2.38. The monoisotopic (exact) mass is 290 g/mol. The van der Waals surface area contributed by atoms with Crippen LogP contribution in [0.3, 0.4) is 0 Å². The van der Waals surface area contributed by atoms with Crippen LogP contribution in [-0.2, 0) is 13.0 Å². The van der Waals surface area contributed by atoms with Crippen LogP contribution in [0.15, 0.2) is 22.8 Å². The van der Waals surface area contributed by atoms with Crippen LogP contribution in [0.4, 0.5) is 5.00 Å². The largest absolute Gasteiger partial charge is 0.465 e. The van der Waals surface area contributed by atoms with Crippen molar-refractivity contribution in [3.05, 3.63) is 40.2 Å².